The molecule has 1 heterocycles. The molecule has 0 aromatic carbocycles. The number of rotatable bonds is 3. The fourth-order valence-electron chi connectivity index (χ4n) is 1.64. The van der Waals surface area contributed by atoms with E-state index in [9.17, 15) is 0 Å². The highest BCUT2D eigenvalue weighted by Crippen LogP contribution is 2.29. The Hall–Kier alpha value is -0.770. The van der Waals surface area contributed by atoms with Crippen LogP contribution in [0, 0.1) is 5.41 Å². The second-order valence-corrected chi connectivity index (χ2v) is 4.92. The monoisotopic (exact) mass is 213 g/mol. The third kappa shape index (κ3) is 4.51. The van der Waals surface area contributed by atoms with E-state index in [-0.39, 0.29) is 5.41 Å². The van der Waals surface area contributed by atoms with Crippen LogP contribution in [0.1, 0.15) is 33.6 Å². The van der Waals surface area contributed by atoms with Crippen molar-refractivity contribution in [2.45, 2.75) is 39.7 Å². The van der Waals surface area contributed by atoms with Gasteiger partial charge in [0.15, 0.2) is 5.96 Å². The molecule has 0 spiro atoms. The van der Waals surface area contributed by atoms with E-state index in [1.54, 1.807) is 0 Å². The molecule has 0 aromatic heterocycles. The average Bonchev–Trinajstić information content (AvgIpc) is 2.15. The van der Waals surface area contributed by atoms with Crippen molar-refractivity contribution in [1.82, 2.24) is 5.32 Å². The fraction of sp³-hybridized carbons (Fsp3) is 0.909. The zero-order valence-corrected chi connectivity index (χ0v) is 10.0. The van der Waals surface area contributed by atoms with Crippen LogP contribution in [0.2, 0.25) is 0 Å². The van der Waals surface area contributed by atoms with Gasteiger partial charge in [-0.25, -0.2) is 0 Å². The topological polar surface area (TPSA) is 59.6 Å². The molecule has 0 atom stereocenters. The quantitative estimate of drug-likeness (QED) is 0.545. The number of nitrogens with zero attached hydrogens (tertiary/aromatic N) is 1. The second-order valence-electron chi connectivity index (χ2n) is 4.92. The molecule has 0 saturated carbocycles. The van der Waals surface area contributed by atoms with Gasteiger partial charge < -0.3 is 15.8 Å². The van der Waals surface area contributed by atoms with Gasteiger partial charge in [0.05, 0.1) is 0 Å². The number of guanidine groups is 1. The lowest BCUT2D eigenvalue weighted by molar-refractivity contribution is 0.0283. The van der Waals surface area contributed by atoms with Crippen LogP contribution in [-0.2, 0) is 4.74 Å². The van der Waals surface area contributed by atoms with Crippen LogP contribution in [0.5, 0.6) is 0 Å². The van der Waals surface area contributed by atoms with Gasteiger partial charge in [0.2, 0.25) is 0 Å². The molecular formula is C11H23N3O. The maximum atomic E-state index is 5.76. The Morgan fingerprint density at radius 2 is 2.07 bits per heavy atom. The molecule has 88 valence electrons. The Bertz CT molecular complexity index is 220. The van der Waals surface area contributed by atoms with Crippen molar-refractivity contribution < 1.29 is 4.74 Å². The van der Waals surface area contributed by atoms with E-state index in [2.05, 4.69) is 31.1 Å². The van der Waals surface area contributed by atoms with Gasteiger partial charge in [0, 0.05) is 25.8 Å². The highest BCUT2D eigenvalue weighted by atomic mass is 16.5. The van der Waals surface area contributed by atoms with Crippen LogP contribution in [-0.4, -0.2) is 31.8 Å². The Morgan fingerprint density at radius 3 is 2.60 bits per heavy atom. The maximum absolute atomic E-state index is 5.76. The van der Waals surface area contributed by atoms with Gasteiger partial charge >= 0.3 is 0 Å². The van der Waals surface area contributed by atoms with Gasteiger partial charge in [0.25, 0.3) is 0 Å². The Labute approximate surface area is 92.3 Å². The first-order valence-electron chi connectivity index (χ1n) is 5.66. The number of nitrogens with two attached hydrogens (primary N) is 1. The van der Waals surface area contributed by atoms with Gasteiger partial charge in [-0.1, -0.05) is 6.92 Å². The maximum Gasteiger partial charge on any atom is 0.188 e. The number of aliphatic imine (C=N–C) groups is 1. The SMILES string of the molecule is CC(C)NC(N)=NCC1(C)CCOCC1. The van der Waals surface area contributed by atoms with Crippen LogP contribution in [0.15, 0.2) is 4.99 Å². The van der Waals surface area contributed by atoms with Crippen molar-refractivity contribution in [3.63, 3.8) is 0 Å². The molecule has 1 saturated heterocycles. The van der Waals surface area contributed by atoms with Gasteiger partial charge in [-0.3, -0.25) is 4.99 Å². The number of ether oxygens (including phenoxy) is 1. The van der Waals surface area contributed by atoms with E-state index in [4.69, 9.17) is 10.5 Å². The van der Waals surface area contributed by atoms with Crippen LogP contribution in [0.3, 0.4) is 0 Å². The summed E-state index contributed by atoms with van der Waals surface area (Å²) in [5, 5.41) is 3.10. The fourth-order valence-corrected chi connectivity index (χ4v) is 1.64. The van der Waals surface area contributed by atoms with Crippen molar-refractivity contribution in [2.75, 3.05) is 19.8 Å². The first-order valence-corrected chi connectivity index (χ1v) is 5.66. The number of hydrogen-bond donors (Lipinski definition) is 2. The molecule has 1 rings (SSSR count). The predicted octanol–water partition coefficient (Wildman–Crippen LogP) is 1.12. The molecule has 15 heavy (non-hydrogen) atoms. The van der Waals surface area contributed by atoms with Gasteiger partial charge in [0.1, 0.15) is 0 Å². The van der Waals surface area contributed by atoms with E-state index in [0.29, 0.717) is 12.0 Å². The van der Waals surface area contributed by atoms with Gasteiger partial charge in [-0.15, -0.1) is 0 Å². The molecule has 4 heteroatoms. The molecule has 1 aliphatic heterocycles. The van der Waals surface area contributed by atoms with E-state index >= 15 is 0 Å². The summed E-state index contributed by atoms with van der Waals surface area (Å²) in [4.78, 5) is 4.39. The summed E-state index contributed by atoms with van der Waals surface area (Å²) in [6.07, 6.45) is 2.15. The number of nitrogens with one attached hydrogen (secondary N) is 1. The second kappa shape index (κ2) is 5.35. The molecule has 0 bridgehead atoms. The van der Waals surface area contributed by atoms with Crippen LogP contribution >= 0.6 is 0 Å². The van der Waals surface area contributed by atoms with Gasteiger partial charge in [-0.05, 0) is 32.1 Å². The smallest absolute Gasteiger partial charge is 0.188 e. The zero-order chi connectivity index (χ0) is 11.3. The molecule has 0 radical (unpaired) electrons. The highest BCUT2D eigenvalue weighted by molar-refractivity contribution is 5.78. The Balaban J connectivity index is 2.39. The van der Waals surface area contributed by atoms with Crippen molar-refractivity contribution in [3.8, 4) is 0 Å². The van der Waals surface area contributed by atoms with Crippen LogP contribution < -0.4 is 11.1 Å². The Morgan fingerprint density at radius 1 is 1.47 bits per heavy atom. The summed E-state index contributed by atoms with van der Waals surface area (Å²) in [5.41, 5.74) is 6.02. The first kappa shape index (κ1) is 12.3. The van der Waals surface area contributed by atoms with Crippen molar-refractivity contribution in [2.24, 2.45) is 16.1 Å². The third-order valence-corrected chi connectivity index (χ3v) is 2.77. The molecule has 1 fully saturated rings. The minimum absolute atomic E-state index is 0.265. The summed E-state index contributed by atoms with van der Waals surface area (Å²) in [6.45, 7) is 8.85. The molecule has 3 N–H and O–H groups in total. The van der Waals surface area contributed by atoms with E-state index in [1.807, 2.05) is 0 Å². The highest BCUT2D eigenvalue weighted by Gasteiger charge is 2.26. The van der Waals surface area contributed by atoms with Gasteiger partial charge in [-0.2, -0.15) is 0 Å². The largest absolute Gasteiger partial charge is 0.381 e. The van der Waals surface area contributed by atoms with Crippen molar-refractivity contribution >= 4 is 5.96 Å². The number of hydrogen-bond acceptors (Lipinski definition) is 2. The standard InChI is InChI=1S/C11H23N3O/c1-9(2)14-10(12)13-8-11(3)4-6-15-7-5-11/h9H,4-8H2,1-3H3,(H3,12,13,14). The average molecular weight is 213 g/mol. The van der Waals surface area contributed by atoms with E-state index in [0.717, 1.165) is 32.6 Å². The predicted molar refractivity (Wildman–Crippen MR) is 62.9 cm³/mol. The molecule has 4 nitrogen and oxygen atoms in total. The zero-order valence-electron chi connectivity index (χ0n) is 10.0. The van der Waals surface area contributed by atoms with E-state index < -0.39 is 0 Å². The molecule has 0 unspecified atom stereocenters. The first-order chi connectivity index (χ1) is 7.02. The summed E-state index contributed by atoms with van der Waals surface area (Å²) >= 11 is 0. The van der Waals surface area contributed by atoms with Crippen LogP contribution in [0.4, 0.5) is 0 Å². The Kier molecular flexibility index (Phi) is 4.39. The lowest BCUT2D eigenvalue weighted by atomic mass is 9.83. The summed E-state index contributed by atoms with van der Waals surface area (Å²) in [5.74, 6) is 0.553. The molecule has 0 aromatic rings. The molecular weight excluding hydrogens is 190 g/mol. The third-order valence-electron chi connectivity index (χ3n) is 2.77. The minimum Gasteiger partial charge on any atom is -0.381 e. The lowest BCUT2D eigenvalue weighted by Gasteiger charge is -2.32. The summed E-state index contributed by atoms with van der Waals surface area (Å²) < 4.78 is 5.34. The van der Waals surface area contributed by atoms with Crippen molar-refractivity contribution in [1.29, 1.82) is 0 Å². The molecule has 1 aliphatic rings. The van der Waals surface area contributed by atoms with Crippen molar-refractivity contribution in [3.05, 3.63) is 0 Å². The normalized spacial score (nSPS) is 21.7. The van der Waals surface area contributed by atoms with Crippen LogP contribution in [0.25, 0.3) is 0 Å². The molecule has 0 amide bonds. The summed E-state index contributed by atoms with van der Waals surface area (Å²) in [7, 11) is 0. The minimum atomic E-state index is 0.265. The molecule has 0 aliphatic carbocycles. The van der Waals surface area contributed by atoms with E-state index in [1.165, 1.54) is 0 Å². The summed E-state index contributed by atoms with van der Waals surface area (Å²) in [6, 6.07) is 0.344. The lowest BCUT2D eigenvalue weighted by Crippen LogP contribution is -2.38.